The number of unbranched alkanes of at least 4 members (excludes halogenated alkanes) is 1. The van der Waals surface area contributed by atoms with E-state index < -0.39 is 0 Å². The van der Waals surface area contributed by atoms with E-state index in [1.54, 1.807) is 0 Å². The highest BCUT2D eigenvalue weighted by Crippen LogP contribution is 2.08. The van der Waals surface area contributed by atoms with Gasteiger partial charge in [0.2, 0.25) is 0 Å². The number of hydrogen-bond acceptors (Lipinski definition) is 4. The van der Waals surface area contributed by atoms with Gasteiger partial charge in [-0.3, -0.25) is 9.89 Å². The fourth-order valence-electron chi connectivity index (χ4n) is 2.84. The second-order valence-corrected chi connectivity index (χ2v) is 6.51. The highest BCUT2D eigenvalue weighted by atomic mass is 16.5. The van der Waals surface area contributed by atoms with Crippen LogP contribution < -0.4 is 15.4 Å². The van der Waals surface area contributed by atoms with E-state index >= 15 is 0 Å². The molecule has 2 N–H and O–H groups in total. The fraction of sp³-hybridized carbons (Fsp3) is 0.650. The lowest BCUT2D eigenvalue weighted by atomic mass is 10.2. The minimum Gasteiger partial charge on any atom is -0.494 e. The molecule has 6 nitrogen and oxygen atoms in total. The highest BCUT2D eigenvalue weighted by molar-refractivity contribution is 5.79. The lowest BCUT2D eigenvalue weighted by Gasteiger charge is -2.31. The monoisotopic (exact) mass is 362 g/mol. The summed E-state index contributed by atoms with van der Waals surface area (Å²) in [6, 6.07) is 10.4. The van der Waals surface area contributed by atoms with Crippen molar-refractivity contribution in [2.24, 2.45) is 4.99 Å². The third kappa shape index (κ3) is 8.06. The van der Waals surface area contributed by atoms with Crippen molar-refractivity contribution in [1.29, 1.82) is 0 Å². The largest absolute Gasteiger partial charge is 0.494 e. The highest BCUT2D eigenvalue weighted by Gasteiger charge is 2.16. The quantitative estimate of drug-likeness (QED) is 0.379. The number of hydrogen-bond donors (Lipinski definition) is 2. The van der Waals surface area contributed by atoms with Gasteiger partial charge in [-0.25, -0.2) is 0 Å². The summed E-state index contributed by atoms with van der Waals surface area (Å²) in [5.74, 6) is 1.84. The van der Waals surface area contributed by atoms with Crippen LogP contribution in [0.5, 0.6) is 5.75 Å². The summed E-state index contributed by atoms with van der Waals surface area (Å²) in [7, 11) is 0. The molecule has 0 spiro atoms. The van der Waals surface area contributed by atoms with Crippen LogP contribution in [-0.4, -0.2) is 69.4 Å². The molecule has 1 aromatic rings. The lowest BCUT2D eigenvalue weighted by molar-refractivity contribution is 0.0220. The number of ether oxygens (including phenoxy) is 2. The topological polar surface area (TPSA) is 58.1 Å². The number of nitrogens with zero attached hydrogens (tertiary/aromatic N) is 2. The first-order valence-corrected chi connectivity index (χ1v) is 9.81. The van der Waals surface area contributed by atoms with E-state index in [0.29, 0.717) is 6.04 Å². The van der Waals surface area contributed by atoms with Crippen LogP contribution in [-0.2, 0) is 4.74 Å². The van der Waals surface area contributed by atoms with Crippen molar-refractivity contribution < 1.29 is 9.47 Å². The molecule has 1 aliphatic rings. The SMILES string of the molecule is CCNC(=NCC(C)N1CCOCC1)NCCCCOc1ccccc1. The molecule has 1 saturated heterocycles. The molecule has 6 heteroatoms. The summed E-state index contributed by atoms with van der Waals surface area (Å²) in [5.41, 5.74) is 0. The van der Waals surface area contributed by atoms with E-state index in [9.17, 15) is 0 Å². The van der Waals surface area contributed by atoms with Crippen LogP contribution in [0.4, 0.5) is 0 Å². The standard InChI is InChI=1S/C20H34N4O2/c1-3-21-20(23-17-18(2)24-12-15-25-16-13-24)22-11-7-8-14-26-19-9-5-4-6-10-19/h4-6,9-10,18H,3,7-8,11-17H2,1-2H3,(H2,21,22,23). The lowest BCUT2D eigenvalue weighted by Crippen LogP contribution is -2.44. The van der Waals surface area contributed by atoms with Gasteiger partial charge in [0, 0.05) is 32.2 Å². The second kappa shape index (κ2) is 12.5. The van der Waals surface area contributed by atoms with Crippen molar-refractivity contribution in [2.75, 3.05) is 52.5 Å². The van der Waals surface area contributed by atoms with Gasteiger partial charge in [-0.05, 0) is 38.8 Å². The number of morpholine rings is 1. The van der Waals surface area contributed by atoms with Gasteiger partial charge < -0.3 is 20.1 Å². The Kier molecular flexibility index (Phi) is 9.90. The maximum absolute atomic E-state index is 5.72. The molecule has 0 bridgehead atoms. The summed E-state index contributed by atoms with van der Waals surface area (Å²) in [5, 5.41) is 6.74. The molecule has 0 aromatic heterocycles. The number of guanidine groups is 1. The van der Waals surface area contributed by atoms with E-state index in [4.69, 9.17) is 14.5 Å². The predicted octanol–water partition coefficient (Wildman–Crippen LogP) is 2.12. The van der Waals surface area contributed by atoms with E-state index in [0.717, 1.165) is 77.1 Å². The molecular weight excluding hydrogens is 328 g/mol. The minimum atomic E-state index is 0.439. The Bertz CT molecular complexity index is 504. The van der Waals surface area contributed by atoms with E-state index in [2.05, 4.69) is 29.4 Å². The van der Waals surface area contributed by atoms with Crippen molar-refractivity contribution in [2.45, 2.75) is 32.7 Å². The Labute approximate surface area is 158 Å². The van der Waals surface area contributed by atoms with Crippen LogP contribution in [0.25, 0.3) is 0 Å². The molecule has 146 valence electrons. The first-order valence-electron chi connectivity index (χ1n) is 9.81. The van der Waals surface area contributed by atoms with Gasteiger partial charge >= 0.3 is 0 Å². The zero-order valence-corrected chi connectivity index (χ0v) is 16.2. The van der Waals surface area contributed by atoms with Crippen LogP contribution >= 0.6 is 0 Å². The van der Waals surface area contributed by atoms with Crippen LogP contribution in [0.3, 0.4) is 0 Å². The van der Waals surface area contributed by atoms with Gasteiger partial charge in [0.1, 0.15) is 5.75 Å². The van der Waals surface area contributed by atoms with E-state index in [-0.39, 0.29) is 0 Å². The predicted molar refractivity (Wildman–Crippen MR) is 107 cm³/mol. The normalized spacial score (nSPS) is 16.9. The molecule has 0 amide bonds. The summed E-state index contributed by atoms with van der Waals surface area (Å²) >= 11 is 0. The molecular formula is C20H34N4O2. The Morgan fingerprint density at radius 2 is 1.96 bits per heavy atom. The third-order valence-corrected chi connectivity index (χ3v) is 4.40. The number of rotatable bonds is 10. The van der Waals surface area contributed by atoms with Gasteiger partial charge in [-0.2, -0.15) is 0 Å². The molecule has 1 aromatic carbocycles. The summed E-state index contributed by atoms with van der Waals surface area (Å²) in [6.45, 7) is 11.3. The maximum atomic E-state index is 5.72. The van der Waals surface area contributed by atoms with Crippen molar-refractivity contribution in [1.82, 2.24) is 15.5 Å². The van der Waals surface area contributed by atoms with Crippen molar-refractivity contribution in [3.8, 4) is 5.75 Å². The molecule has 0 saturated carbocycles. The van der Waals surface area contributed by atoms with Crippen LogP contribution in [0.15, 0.2) is 35.3 Å². The fourth-order valence-corrected chi connectivity index (χ4v) is 2.84. The molecule has 1 atom stereocenters. The van der Waals surface area contributed by atoms with E-state index in [1.165, 1.54) is 0 Å². The number of aliphatic imine (C=N–C) groups is 1. The summed E-state index contributed by atoms with van der Waals surface area (Å²) in [6.07, 6.45) is 2.07. The van der Waals surface area contributed by atoms with Crippen LogP contribution in [0, 0.1) is 0 Å². The minimum absolute atomic E-state index is 0.439. The molecule has 1 fully saturated rings. The van der Waals surface area contributed by atoms with Gasteiger partial charge in [0.15, 0.2) is 5.96 Å². The molecule has 1 unspecified atom stereocenters. The zero-order chi connectivity index (χ0) is 18.5. The second-order valence-electron chi connectivity index (χ2n) is 6.51. The maximum Gasteiger partial charge on any atom is 0.191 e. The Morgan fingerprint density at radius 1 is 1.19 bits per heavy atom. The van der Waals surface area contributed by atoms with Crippen molar-refractivity contribution in [3.05, 3.63) is 30.3 Å². The Balaban J connectivity index is 1.61. The van der Waals surface area contributed by atoms with Crippen molar-refractivity contribution in [3.63, 3.8) is 0 Å². The molecule has 2 rings (SSSR count). The van der Waals surface area contributed by atoms with Crippen LogP contribution in [0.1, 0.15) is 26.7 Å². The van der Waals surface area contributed by atoms with Gasteiger partial charge in [-0.1, -0.05) is 18.2 Å². The number of para-hydroxylation sites is 1. The zero-order valence-electron chi connectivity index (χ0n) is 16.2. The Morgan fingerprint density at radius 3 is 2.69 bits per heavy atom. The van der Waals surface area contributed by atoms with Gasteiger partial charge in [0.05, 0.1) is 26.4 Å². The average molecular weight is 363 g/mol. The molecule has 1 heterocycles. The smallest absolute Gasteiger partial charge is 0.191 e. The first kappa shape index (κ1) is 20.5. The summed E-state index contributed by atoms with van der Waals surface area (Å²) in [4.78, 5) is 7.18. The number of benzene rings is 1. The number of nitrogens with one attached hydrogen (secondary N) is 2. The first-order chi connectivity index (χ1) is 12.8. The van der Waals surface area contributed by atoms with Gasteiger partial charge in [0.25, 0.3) is 0 Å². The molecule has 0 radical (unpaired) electrons. The molecule has 1 aliphatic heterocycles. The van der Waals surface area contributed by atoms with Gasteiger partial charge in [-0.15, -0.1) is 0 Å². The third-order valence-electron chi connectivity index (χ3n) is 4.40. The summed E-state index contributed by atoms with van der Waals surface area (Å²) < 4.78 is 11.1. The average Bonchev–Trinajstić information content (AvgIpc) is 2.69. The Hall–Kier alpha value is -1.79. The molecule has 0 aliphatic carbocycles. The van der Waals surface area contributed by atoms with Crippen LogP contribution in [0.2, 0.25) is 0 Å². The van der Waals surface area contributed by atoms with E-state index in [1.807, 2.05) is 30.3 Å². The van der Waals surface area contributed by atoms with Crippen molar-refractivity contribution >= 4 is 5.96 Å². The molecule has 26 heavy (non-hydrogen) atoms.